The standard InChI is InChI=1S/C23H35NO6SSi/c1-14(25)29-19-12-20-16(15(19)8-7-11-28-32(5,6)23(2,3)4)9-10-18(30-20)21-24-17(13-31-21)22(26)27/h7-8,13,15-16,18-20H,9-12H2,1-6H3,(H,26,27)/b8-7+/t15-,16-,18-,19-,20+/m1/s1. The van der Waals surface area contributed by atoms with Gasteiger partial charge in [-0.05, 0) is 36.9 Å². The van der Waals surface area contributed by atoms with Crippen molar-refractivity contribution in [3.05, 3.63) is 28.2 Å². The van der Waals surface area contributed by atoms with Gasteiger partial charge in [0.15, 0.2) is 14.0 Å². The smallest absolute Gasteiger partial charge is 0.355 e. The average Bonchev–Trinajstić information content (AvgIpc) is 3.28. The number of aromatic carboxylic acids is 1. The number of thiazole rings is 1. The van der Waals surface area contributed by atoms with E-state index in [1.807, 2.05) is 0 Å². The molecule has 32 heavy (non-hydrogen) atoms. The monoisotopic (exact) mass is 481 g/mol. The van der Waals surface area contributed by atoms with Crippen molar-refractivity contribution in [2.75, 3.05) is 6.61 Å². The van der Waals surface area contributed by atoms with E-state index in [0.29, 0.717) is 18.0 Å². The summed E-state index contributed by atoms with van der Waals surface area (Å²) in [6.45, 7) is 13.1. The number of nitrogens with zero attached hydrogens (tertiary/aromatic N) is 1. The predicted octanol–water partition coefficient (Wildman–Crippen LogP) is 5.21. The van der Waals surface area contributed by atoms with Gasteiger partial charge in [-0.3, -0.25) is 4.79 Å². The lowest BCUT2D eigenvalue weighted by Gasteiger charge is -2.36. The Morgan fingerprint density at radius 1 is 1.34 bits per heavy atom. The molecule has 0 unspecified atom stereocenters. The molecule has 2 heterocycles. The lowest BCUT2D eigenvalue weighted by atomic mass is 9.86. The van der Waals surface area contributed by atoms with Crippen LogP contribution in [-0.4, -0.2) is 49.2 Å². The molecule has 0 amide bonds. The van der Waals surface area contributed by atoms with Crippen molar-refractivity contribution in [1.29, 1.82) is 0 Å². The third-order valence-electron chi connectivity index (χ3n) is 7.01. The lowest BCUT2D eigenvalue weighted by Crippen LogP contribution is -2.40. The first-order chi connectivity index (χ1) is 14.9. The van der Waals surface area contributed by atoms with E-state index in [-0.39, 0.29) is 46.8 Å². The minimum atomic E-state index is -1.82. The Morgan fingerprint density at radius 2 is 2.06 bits per heavy atom. The Bertz CT molecular complexity index is 861. The van der Waals surface area contributed by atoms with E-state index in [0.717, 1.165) is 12.8 Å². The van der Waals surface area contributed by atoms with Crippen molar-refractivity contribution in [2.24, 2.45) is 11.8 Å². The SMILES string of the molecule is CC(=O)O[C@@H]1C[C@@H]2O[C@@H](c3nc(C(=O)O)cs3)CC[C@@H]2[C@H]1/C=C/CO[Si](C)(C)C(C)(C)C. The Hall–Kier alpha value is -1.55. The molecule has 5 atom stereocenters. The largest absolute Gasteiger partial charge is 0.476 e. The fourth-order valence-electron chi connectivity index (χ4n) is 4.25. The van der Waals surface area contributed by atoms with Crippen LogP contribution in [0.25, 0.3) is 0 Å². The van der Waals surface area contributed by atoms with Crippen LogP contribution in [0.3, 0.4) is 0 Å². The van der Waals surface area contributed by atoms with E-state index in [4.69, 9.17) is 19.0 Å². The van der Waals surface area contributed by atoms with Crippen molar-refractivity contribution in [1.82, 2.24) is 4.98 Å². The third kappa shape index (κ3) is 5.68. The maximum Gasteiger partial charge on any atom is 0.355 e. The summed E-state index contributed by atoms with van der Waals surface area (Å²) in [5.41, 5.74) is 0.0578. The van der Waals surface area contributed by atoms with Crippen LogP contribution < -0.4 is 0 Å². The van der Waals surface area contributed by atoms with Gasteiger partial charge in [0.25, 0.3) is 0 Å². The zero-order valence-corrected chi connectivity index (χ0v) is 21.6. The molecular weight excluding hydrogens is 446 g/mol. The van der Waals surface area contributed by atoms with Gasteiger partial charge in [-0.25, -0.2) is 9.78 Å². The Kier molecular flexibility index (Phi) is 7.64. The summed E-state index contributed by atoms with van der Waals surface area (Å²) in [5.74, 6) is -0.980. The minimum absolute atomic E-state index is 0.0498. The van der Waals surface area contributed by atoms with Crippen LogP contribution in [0.15, 0.2) is 17.5 Å². The second-order valence-corrected chi connectivity index (χ2v) is 15.9. The fourth-order valence-corrected chi connectivity index (χ4v) is 6.06. The number of ether oxygens (including phenoxy) is 2. The van der Waals surface area contributed by atoms with Gasteiger partial charge < -0.3 is 19.0 Å². The fraction of sp³-hybridized carbons (Fsp3) is 0.696. The number of fused-ring (bicyclic) bond motifs is 1. The molecule has 1 aliphatic heterocycles. The molecule has 0 bridgehead atoms. The number of carbonyl (C=O) groups is 2. The normalized spacial score (nSPS) is 28.6. The molecule has 1 aromatic heterocycles. The summed E-state index contributed by atoms with van der Waals surface area (Å²) in [5, 5.41) is 11.5. The van der Waals surface area contributed by atoms with E-state index in [9.17, 15) is 9.59 Å². The molecule has 9 heteroatoms. The first kappa shape index (κ1) is 25.1. The second-order valence-electron chi connectivity index (χ2n) is 10.2. The molecule has 0 radical (unpaired) electrons. The molecule has 2 aliphatic rings. The molecular formula is C23H35NO6SSi. The quantitative estimate of drug-likeness (QED) is 0.324. The van der Waals surface area contributed by atoms with Crippen molar-refractivity contribution < 1.29 is 28.6 Å². The number of carboxylic acid groups (broad SMARTS) is 1. The van der Waals surface area contributed by atoms with Gasteiger partial charge in [-0.2, -0.15) is 0 Å². The zero-order chi connectivity index (χ0) is 23.7. The molecule has 1 saturated heterocycles. The number of rotatable bonds is 7. The van der Waals surface area contributed by atoms with Crippen LogP contribution >= 0.6 is 11.3 Å². The number of aromatic nitrogens is 1. The molecule has 2 fully saturated rings. The van der Waals surface area contributed by atoms with Crippen LogP contribution in [0.5, 0.6) is 0 Å². The third-order valence-corrected chi connectivity index (χ3v) is 12.4. The highest BCUT2D eigenvalue weighted by molar-refractivity contribution is 7.09. The van der Waals surface area contributed by atoms with Gasteiger partial charge in [-0.15, -0.1) is 11.3 Å². The van der Waals surface area contributed by atoms with E-state index in [1.54, 1.807) is 5.38 Å². The highest BCUT2D eigenvalue weighted by atomic mass is 32.1. The summed E-state index contributed by atoms with van der Waals surface area (Å²) in [7, 11) is -1.82. The van der Waals surface area contributed by atoms with Crippen LogP contribution in [0.4, 0.5) is 0 Å². The number of carboxylic acids is 1. The predicted molar refractivity (Wildman–Crippen MR) is 125 cm³/mol. The van der Waals surface area contributed by atoms with E-state index in [2.05, 4.69) is 51.0 Å². The van der Waals surface area contributed by atoms with Gasteiger partial charge in [0, 0.05) is 24.6 Å². The molecule has 1 aromatic rings. The van der Waals surface area contributed by atoms with Crippen molar-refractivity contribution in [3.8, 4) is 0 Å². The summed E-state index contributed by atoms with van der Waals surface area (Å²) >= 11 is 1.32. The highest BCUT2D eigenvalue weighted by Gasteiger charge is 2.48. The van der Waals surface area contributed by atoms with Gasteiger partial charge in [0.05, 0.1) is 12.7 Å². The average molecular weight is 482 g/mol. The summed E-state index contributed by atoms with van der Waals surface area (Å²) in [4.78, 5) is 27.1. The molecule has 1 saturated carbocycles. The lowest BCUT2D eigenvalue weighted by molar-refractivity contribution is -0.147. The zero-order valence-electron chi connectivity index (χ0n) is 19.8. The van der Waals surface area contributed by atoms with Crippen LogP contribution in [0.1, 0.15) is 68.6 Å². The van der Waals surface area contributed by atoms with Crippen LogP contribution in [-0.2, 0) is 18.7 Å². The molecule has 1 aliphatic carbocycles. The molecule has 0 spiro atoms. The first-order valence-electron chi connectivity index (χ1n) is 11.2. The van der Waals surface area contributed by atoms with Crippen LogP contribution in [0.2, 0.25) is 18.1 Å². The van der Waals surface area contributed by atoms with Gasteiger partial charge >= 0.3 is 11.9 Å². The molecule has 0 aromatic carbocycles. The highest BCUT2D eigenvalue weighted by Crippen LogP contribution is 2.47. The van der Waals surface area contributed by atoms with Gasteiger partial charge in [-0.1, -0.05) is 32.9 Å². The summed E-state index contributed by atoms with van der Waals surface area (Å²) < 4.78 is 18.3. The van der Waals surface area contributed by atoms with E-state index >= 15 is 0 Å². The Balaban J connectivity index is 1.67. The maximum atomic E-state index is 11.7. The topological polar surface area (TPSA) is 95.0 Å². The van der Waals surface area contributed by atoms with Crippen molar-refractivity contribution >= 4 is 31.6 Å². The summed E-state index contributed by atoms with van der Waals surface area (Å²) in [6, 6.07) is 0. The van der Waals surface area contributed by atoms with Gasteiger partial charge in [0.2, 0.25) is 0 Å². The number of carbonyl (C=O) groups excluding carboxylic acids is 1. The Labute approximate surface area is 195 Å². The minimum Gasteiger partial charge on any atom is -0.476 e. The molecule has 3 rings (SSSR count). The number of hydrogen-bond acceptors (Lipinski definition) is 7. The maximum absolute atomic E-state index is 11.7. The van der Waals surface area contributed by atoms with Crippen molar-refractivity contribution in [2.45, 2.75) is 83.4 Å². The van der Waals surface area contributed by atoms with E-state index in [1.165, 1.54) is 18.3 Å². The van der Waals surface area contributed by atoms with Crippen molar-refractivity contribution in [3.63, 3.8) is 0 Å². The number of hydrogen-bond donors (Lipinski definition) is 1. The molecule has 178 valence electrons. The number of esters is 1. The summed E-state index contributed by atoms with van der Waals surface area (Å²) in [6.07, 6.45) is 6.03. The van der Waals surface area contributed by atoms with Crippen LogP contribution in [0, 0.1) is 11.8 Å². The second kappa shape index (κ2) is 9.75. The molecule has 7 nitrogen and oxygen atoms in total. The molecule has 1 N–H and O–H groups in total. The van der Waals surface area contributed by atoms with E-state index < -0.39 is 14.3 Å². The van der Waals surface area contributed by atoms with Gasteiger partial charge in [0.1, 0.15) is 17.2 Å². The first-order valence-corrected chi connectivity index (χ1v) is 15.0. The Morgan fingerprint density at radius 3 is 2.66 bits per heavy atom.